The van der Waals surface area contributed by atoms with E-state index in [1.54, 1.807) is 6.07 Å². The van der Waals surface area contributed by atoms with Gasteiger partial charge in [0, 0.05) is 43.2 Å². The number of piperidine rings is 1. The van der Waals surface area contributed by atoms with E-state index in [0.717, 1.165) is 43.7 Å². The van der Waals surface area contributed by atoms with Gasteiger partial charge in [0.15, 0.2) is 0 Å². The molecule has 5 rings (SSSR count). The highest BCUT2D eigenvalue weighted by Crippen LogP contribution is 2.57. The first-order chi connectivity index (χ1) is 16.1. The van der Waals surface area contributed by atoms with Gasteiger partial charge >= 0.3 is 0 Å². The number of carbonyl (C=O) groups excluding carboxylic acids is 1. The highest BCUT2D eigenvalue weighted by atomic mass is 16.5. The summed E-state index contributed by atoms with van der Waals surface area (Å²) in [6.45, 7) is 14.6. The summed E-state index contributed by atoms with van der Waals surface area (Å²) in [5.41, 5.74) is 4.06. The molecule has 4 atom stereocenters. The molecule has 1 amide bonds. The summed E-state index contributed by atoms with van der Waals surface area (Å²) in [7, 11) is 0. The molecule has 2 aromatic carbocycles. The number of aromatic hydroxyl groups is 1. The fourth-order valence-electron chi connectivity index (χ4n) is 6.76. The van der Waals surface area contributed by atoms with Crippen molar-refractivity contribution in [1.82, 2.24) is 9.80 Å². The highest BCUT2D eigenvalue weighted by molar-refractivity contribution is 5.94. The van der Waals surface area contributed by atoms with Crippen LogP contribution < -0.4 is 0 Å². The molecule has 0 radical (unpaired) electrons. The van der Waals surface area contributed by atoms with E-state index in [4.69, 9.17) is 4.74 Å². The minimum Gasteiger partial charge on any atom is -0.508 e. The summed E-state index contributed by atoms with van der Waals surface area (Å²) < 4.78 is 5.85. The average Bonchev–Trinajstić information content (AvgIpc) is 2.76. The molecule has 2 bridgehead atoms. The van der Waals surface area contributed by atoms with Gasteiger partial charge in [-0.25, -0.2) is 0 Å². The molecule has 0 saturated carbocycles. The van der Waals surface area contributed by atoms with Gasteiger partial charge in [0.25, 0.3) is 5.91 Å². The lowest BCUT2D eigenvalue weighted by atomic mass is 9.51. The van der Waals surface area contributed by atoms with Crippen molar-refractivity contribution < 1.29 is 14.6 Å². The predicted octanol–water partition coefficient (Wildman–Crippen LogP) is 4.76. The minimum atomic E-state index is -0.0919. The van der Waals surface area contributed by atoms with Crippen LogP contribution in [0.2, 0.25) is 0 Å². The van der Waals surface area contributed by atoms with E-state index in [1.165, 1.54) is 11.1 Å². The van der Waals surface area contributed by atoms with E-state index in [-0.39, 0.29) is 35.0 Å². The minimum absolute atomic E-state index is 0.0514. The molecule has 2 heterocycles. The maximum absolute atomic E-state index is 13.7. The quantitative estimate of drug-likeness (QED) is 0.715. The van der Waals surface area contributed by atoms with Gasteiger partial charge in [-0.15, -0.1) is 0 Å². The van der Waals surface area contributed by atoms with E-state index >= 15 is 0 Å². The Bertz CT molecular complexity index is 1070. The summed E-state index contributed by atoms with van der Waals surface area (Å²) >= 11 is 0. The molecule has 2 aliphatic heterocycles. The van der Waals surface area contributed by atoms with Crippen molar-refractivity contribution in [3.63, 3.8) is 0 Å². The standard InChI is InChI=1S/C29H38N2O3/c1-19-16-30(17-20(2)34-19)18-21-9-11-22(12-10-21)27(33)31-14-13-29(5)24-7-6-8-25(32)23(24)15-26(31)28(29,3)4/h6-12,19-20,26,32H,13-18H2,1-5H3/t19?,20?,26?,29-/m0/s1. The lowest BCUT2D eigenvalue weighted by molar-refractivity contribution is -0.0704. The molecule has 3 aliphatic rings. The Kier molecular flexibility index (Phi) is 5.77. The lowest BCUT2D eigenvalue weighted by Crippen LogP contribution is -2.64. The molecule has 34 heavy (non-hydrogen) atoms. The number of amides is 1. The first-order valence-electron chi connectivity index (χ1n) is 12.7. The maximum Gasteiger partial charge on any atom is 0.254 e. The van der Waals surface area contributed by atoms with Gasteiger partial charge in [0.2, 0.25) is 0 Å². The van der Waals surface area contributed by atoms with E-state index in [2.05, 4.69) is 62.6 Å². The topological polar surface area (TPSA) is 53.0 Å². The molecule has 1 N–H and O–H groups in total. The second-order valence-electron chi connectivity index (χ2n) is 11.5. The number of likely N-dealkylation sites (tertiary alicyclic amines) is 1. The van der Waals surface area contributed by atoms with Crippen LogP contribution in [0.15, 0.2) is 42.5 Å². The molecule has 2 aromatic rings. The summed E-state index contributed by atoms with van der Waals surface area (Å²) in [6.07, 6.45) is 2.09. The van der Waals surface area contributed by atoms with Crippen LogP contribution in [0.1, 0.15) is 68.1 Å². The number of morpholine rings is 1. The summed E-state index contributed by atoms with van der Waals surface area (Å²) in [4.78, 5) is 18.2. The lowest BCUT2D eigenvalue weighted by Gasteiger charge is -2.60. The molecule has 0 aromatic heterocycles. The van der Waals surface area contributed by atoms with Crippen LogP contribution in [0.25, 0.3) is 0 Å². The van der Waals surface area contributed by atoms with Crippen molar-refractivity contribution in [2.45, 2.75) is 77.7 Å². The van der Waals surface area contributed by atoms with E-state index in [0.29, 0.717) is 12.2 Å². The van der Waals surface area contributed by atoms with Gasteiger partial charge in [-0.05, 0) is 67.0 Å². The molecule has 0 spiro atoms. The largest absolute Gasteiger partial charge is 0.508 e. The molecular weight excluding hydrogens is 424 g/mol. The predicted molar refractivity (Wildman–Crippen MR) is 134 cm³/mol. The fraction of sp³-hybridized carbons (Fsp3) is 0.552. The molecule has 5 nitrogen and oxygen atoms in total. The van der Waals surface area contributed by atoms with Crippen molar-refractivity contribution in [3.8, 4) is 5.75 Å². The summed E-state index contributed by atoms with van der Waals surface area (Å²) in [5, 5.41) is 10.6. The maximum atomic E-state index is 13.7. The number of ether oxygens (including phenoxy) is 1. The number of carbonyl (C=O) groups is 1. The van der Waals surface area contributed by atoms with Crippen LogP contribution in [0.5, 0.6) is 5.75 Å². The normalized spacial score (nSPS) is 30.6. The van der Waals surface area contributed by atoms with Gasteiger partial charge in [-0.2, -0.15) is 0 Å². The van der Waals surface area contributed by atoms with Crippen molar-refractivity contribution in [2.24, 2.45) is 5.41 Å². The van der Waals surface area contributed by atoms with Gasteiger partial charge in [0.05, 0.1) is 12.2 Å². The Morgan fingerprint density at radius 2 is 1.74 bits per heavy atom. The fourth-order valence-corrected chi connectivity index (χ4v) is 6.76. The third-order valence-electron chi connectivity index (χ3n) is 8.99. The highest BCUT2D eigenvalue weighted by Gasteiger charge is 2.57. The zero-order chi connectivity index (χ0) is 24.3. The zero-order valence-corrected chi connectivity index (χ0v) is 21.2. The summed E-state index contributed by atoms with van der Waals surface area (Å²) in [6, 6.07) is 14.1. The van der Waals surface area contributed by atoms with Crippen LogP contribution >= 0.6 is 0 Å². The Balaban J connectivity index is 1.36. The van der Waals surface area contributed by atoms with Crippen molar-refractivity contribution in [2.75, 3.05) is 19.6 Å². The third kappa shape index (κ3) is 3.74. The number of hydrogen-bond acceptors (Lipinski definition) is 4. The summed E-state index contributed by atoms with van der Waals surface area (Å²) in [5.74, 6) is 0.453. The number of rotatable bonds is 3. The Morgan fingerprint density at radius 1 is 1.06 bits per heavy atom. The molecule has 2 fully saturated rings. The molecule has 3 unspecified atom stereocenters. The number of fused-ring (bicyclic) bond motifs is 4. The van der Waals surface area contributed by atoms with Crippen LogP contribution in [0, 0.1) is 5.41 Å². The number of phenols is 1. The van der Waals surface area contributed by atoms with Gasteiger partial charge in [-0.3, -0.25) is 9.69 Å². The van der Waals surface area contributed by atoms with Crippen molar-refractivity contribution in [3.05, 3.63) is 64.7 Å². The van der Waals surface area contributed by atoms with Crippen molar-refractivity contribution in [1.29, 1.82) is 0 Å². The molecule has 2 saturated heterocycles. The number of phenolic OH excluding ortho intramolecular Hbond substituents is 1. The number of nitrogens with zero attached hydrogens (tertiary/aromatic N) is 2. The first kappa shape index (κ1) is 23.4. The second kappa shape index (κ2) is 8.39. The molecule has 182 valence electrons. The van der Waals surface area contributed by atoms with Crippen LogP contribution in [-0.2, 0) is 23.1 Å². The van der Waals surface area contributed by atoms with Crippen LogP contribution in [0.3, 0.4) is 0 Å². The smallest absolute Gasteiger partial charge is 0.254 e. The monoisotopic (exact) mass is 462 g/mol. The van der Waals surface area contributed by atoms with Gasteiger partial charge in [-0.1, -0.05) is 45.0 Å². The Hall–Kier alpha value is -2.37. The second-order valence-corrected chi connectivity index (χ2v) is 11.5. The zero-order valence-electron chi connectivity index (χ0n) is 21.2. The van der Waals surface area contributed by atoms with Crippen LogP contribution in [0.4, 0.5) is 0 Å². The van der Waals surface area contributed by atoms with Gasteiger partial charge < -0.3 is 14.7 Å². The Morgan fingerprint density at radius 3 is 2.41 bits per heavy atom. The van der Waals surface area contributed by atoms with Crippen LogP contribution in [-0.4, -0.2) is 58.7 Å². The van der Waals surface area contributed by atoms with E-state index in [1.807, 2.05) is 18.2 Å². The molecule has 5 heteroatoms. The van der Waals surface area contributed by atoms with E-state index < -0.39 is 0 Å². The SMILES string of the molecule is CC1CN(Cc2ccc(C(=O)N3CC[C@@]4(C)c5cccc(O)c5CC3C4(C)C)cc2)CC(C)O1. The van der Waals surface area contributed by atoms with Crippen molar-refractivity contribution >= 4 is 5.91 Å². The number of hydrogen-bond donors (Lipinski definition) is 1. The third-order valence-corrected chi connectivity index (χ3v) is 8.99. The van der Waals surface area contributed by atoms with E-state index in [9.17, 15) is 9.90 Å². The average molecular weight is 463 g/mol. The molecule has 1 aliphatic carbocycles. The Labute approximate surface area is 203 Å². The molecular formula is C29H38N2O3. The number of benzene rings is 2. The van der Waals surface area contributed by atoms with Gasteiger partial charge in [0.1, 0.15) is 5.75 Å². The first-order valence-corrected chi connectivity index (χ1v) is 12.7.